The molecule has 3 heterocycles. The summed E-state index contributed by atoms with van der Waals surface area (Å²) in [5.41, 5.74) is 0.770. The van der Waals surface area contributed by atoms with Crippen LogP contribution in [0, 0.1) is 19.8 Å². The van der Waals surface area contributed by atoms with Crippen molar-refractivity contribution in [3.05, 3.63) is 34.0 Å². The lowest BCUT2D eigenvalue weighted by molar-refractivity contribution is 0.666. The van der Waals surface area contributed by atoms with Crippen LogP contribution in [0.15, 0.2) is 18.3 Å². The molecule has 108 valence electrons. The van der Waals surface area contributed by atoms with E-state index in [1.807, 2.05) is 25.3 Å². The van der Waals surface area contributed by atoms with E-state index in [2.05, 4.69) is 32.5 Å². The lowest BCUT2D eigenvalue weighted by atomic mass is 10.2. The second kappa shape index (κ2) is 4.77. The van der Waals surface area contributed by atoms with Gasteiger partial charge >= 0.3 is 0 Å². The molecule has 0 spiro atoms. The van der Waals surface area contributed by atoms with E-state index in [4.69, 9.17) is 0 Å². The summed E-state index contributed by atoms with van der Waals surface area (Å²) >= 11 is 1.76. The van der Waals surface area contributed by atoms with E-state index in [0.29, 0.717) is 5.92 Å². The van der Waals surface area contributed by atoms with Crippen LogP contribution in [0.2, 0.25) is 0 Å². The Labute approximate surface area is 126 Å². The predicted octanol–water partition coefficient (Wildman–Crippen LogP) is 2.76. The van der Waals surface area contributed by atoms with Crippen molar-refractivity contribution in [2.75, 3.05) is 5.32 Å². The normalized spacial score (nSPS) is 16.3. The number of nitrogens with one attached hydrogen (secondary N) is 1. The number of anilines is 1. The molecular weight excluding hydrogens is 284 g/mol. The molecule has 4 rings (SSSR count). The second-order valence-corrected chi connectivity index (χ2v) is 6.77. The zero-order valence-corrected chi connectivity index (χ0v) is 12.8. The molecule has 21 heavy (non-hydrogen) atoms. The number of hydrogen-bond donors (Lipinski definition) is 1. The second-order valence-electron chi connectivity index (χ2n) is 5.50. The highest BCUT2D eigenvalue weighted by Gasteiger charge is 2.34. The van der Waals surface area contributed by atoms with Gasteiger partial charge in [0.2, 0.25) is 0 Å². The first kappa shape index (κ1) is 12.7. The Morgan fingerprint density at radius 2 is 2.14 bits per heavy atom. The van der Waals surface area contributed by atoms with E-state index >= 15 is 0 Å². The van der Waals surface area contributed by atoms with Gasteiger partial charge in [0, 0.05) is 11.1 Å². The zero-order valence-electron chi connectivity index (χ0n) is 11.9. The highest BCUT2D eigenvalue weighted by Crippen LogP contribution is 2.43. The van der Waals surface area contributed by atoms with Crippen molar-refractivity contribution >= 4 is 22.8 Å². The summed E-state index contributed by atoms with van der Waals surface area (Å²) in [7, 11) is 0. The molecule has 1 aliphatic rings. The third-order valence-corrected chi connectivity index (χ3v) is 4.72. The Morgan fingerprint density at radius 1 is 1.29 bits per heavy atom. The van der Waals surface area contributed by atoms with E-state index < -0.39 is 0 Å². The number of rotatable bonds is 4. The summed E-state index contributed by atoms with van der Waals surface area (Å²) in [5, 5.41) is 17.4. The molecule has 0 bridgehead atoms. The fraction of sp³-hybridized carbons (Fsp3) is 0.429. The van der Waals surface area contributed by atoms with Gasteiger partial charge in [0.1, 0.15) is 10.8 Å². The molecule has 3 aromatic rings. The molecule has 0 aromatic carbocycles. The average molecular weight is 300 g/mol. The van der Waals surface area contributed by atoms with Crippen molar-refractivity contribution in [2.24, 2.45) is 5.92 Å². The van der Waals surface area contributed by atoms with Crippen LogP contribution in [-0.4, -0.2) is 24.8 Å². The van der Waals surface area contributed by atoms with Gasteiger partial charge in [0.15, 0.2) is 11.5 Å². The van der Waals surface area contributed by atoms with Crippen LogP contribution >= 0.6 is 11.3 Å². The van der Waals surface area contributed by atoms with Crippen molar-refractivity contribution in [3.63, 3.8) is 0 Å². The summed E-state index contributed by atoms with van der Waals surface area (Å²) in [6, 6.07) is 4.15. The quantitative estimate of drug-likeness (QED) is 0.802. The summed E-state index contributed by atoms with van der Waals surface area (Å²) < 4.78 is 1.76. The molecule has 1 N–H and O–H groups in total. The summed E-state index contributed by atoms with van der Waals surface area (Å²) in [6.07, 6.45) is 4.45. The Hall–Kier alpha value is -2.02. The van der Waals surface area contributed by atoms with Gasteiger partial charge in [0.05, 0.1) is 6.04 Å². The molecule has 0 unspecified atom stereocenters. The molecule has 1 atom stereocenters. The minimum atomic E-state index is 0.255. The number of fused-ring (bicyclic) bond motifs is 1. The van der Waals surface area contributed by atoms with E-state index in [-0.39, 0.29) is 6.04 Å². The molecule has 0 radical (unpaired) electrons. The number of aromatic nitrogens is 5. The highest BCUT2D eigenvalue weighted by molar-refractivity contribution is 7.11. The van der Waals surface area contributed by atoms with Gasteiger partial charge < -0.3 is 5.32 Å². The van der Waals surface area contributed by atoms with Crippen molar-refractivity contribution in [3.8, 4) is 0 Å². The van der Waals surface area contributed by atoms with Crippen LogP contribution in [-0.2, 0) is 0 Å². The molecular formula is C14H16N6S. The van der Waals surface area contributed by atoms with Crippen molar-refractivity contribution in [1.29, 1.82) is 0 Å². The zero-order chi connectivity index (χ0) is 14.4. The highest BCUT2D eigenvalue weighted by atomic mass is 32.1. The van der Waals surface area contributed by atoms with Gasteiger partial charge in [-0.05, 0) is 44.7 Å². The van der Waals surface area contributed by atoms with Crippen molar-refractivity contribution < 1.29 is 0 Å². The Balaban J connectivity index is 1.66. The predicted molar refractivity (Wildman–Crippen MR) is 81.5 cm³/mol. The van der Waals surface area contributed by atoms with E-state index in [1.165, 1.54) is 17.7 Å². The average Bonchev–Trinajstić information content (AvgIpc) is 3.14. The third-order valence-electron chi connectivity index (χ3n) is 3.72. The van der Waals surface area contributed by atoms with E-state index in [1.54, 1.807) is 15.9 Å². The number of hydrogen-bond acceptors (Lipinski definition) is 6. The SMILES string of the molecule is Cc1cnc([C@@H](Nc2ccc3nnc(C)n3n2)C2CC2)s1. The van der Waals surface area contributed by atoms with Crippen LogP contribution in [0.1, 0.15) is 34.6 Å². The van der Waals surface area contributed by atoms with Crippen LogP contribution in [0.3, 0.4) is 0 Å². The smallest absolute Gasteiger partial charge is 0.178 e. The lowest BCUT2D eigenvalue weighted by Gasteiger charge is -2.16. The summed E-state index contributed by atoms with van der Waals surface area (Å²) in [6.45, 7) is 4.00. The first-order chi connectivity index (χ1) is 10.2. The summed E-state index contributed by atoms with van der Waals surface area (Å²) in [5.74, 6) is 2.30. The molecule has 6 nitrogen and oxygen atoms in total. The monoisotopic (exact) mass is 300 g/mol. The maximum atomic E-state index is 4.57. The Morgan fingerprint density at radius 3 is 2.86 bits per heavy atom. The molecule has 0 amide bonds. The van der Waals surface area contributed by atoms with Gasteiger partial charge in [0.25, 0.3) is 0 Å². The molecule has 3 aromatic heterocycles. The lowest BCUT2D eigenvalue weighted by Crippen LogP contribution is -2.14. The minimum absolute atomic E-state index is 0.255. The third kappa shape index (κ3) is 2.37. The van der Waals surface area contributed by atoms with E-state index in [0.717, 1.165) is 22.3 Å². The van der Waals surface area contributed by atoms with Gasteiger partial charge in [-0.1, -0.05) is 0 Å². The molecule has 1 fully saturated rings. The fourth-order valence-electron chi connectivity index (χ4n) is 2.46. The first-order valence-electron chi connectivity index (χ1n) is 7.08. The molecule has 0 aliphatic heterocycles. The van der Waals surface area contributed by atoms with Gasteiger partial charge in [-0.25, -0.2) is 4.98 Å². The van der Waals surface area contributed by atoms with Crippen molar-refractivity contribution in [2.45, 2.75) is 32.7 Å². The number of aryl methyl sites for hydroxylation is 2. The van der Waals surface area contributed by atoms with E-state index in [9.17, 15) is 0 Å². The van der Waals surface area contributed by atoms with Crippen LogP contribution < -0.4 is 5.32 Å². The Kier molecular flexibility index (Phi) is 2.88. The van der Waals surface area contributed by atoms with Crippen LogP contribution in [0.25, 0.3) is 5.65 Å². The van der Waals surface area contributed by atoms with Gasteiger partial charge in [-0.15, -0.1) is 26.6 Å². The molecule has 7 heteroatoms. The molecule has 1 aliphatic carbocycles. The molecule has 1 saturated carbocycles. The van der Waals surface area contributed by atoms with Gasteiger partial charge in [-0.2, -0.15) is 4.52 Å². The van der Waals surface area contributed by atoms with Crippen molar-refractivity contribution in [1.82, 2.24) is 24.8 Å². The van der Waals surface area contributed by atoms with Gasteiger partial charge in [-0.3, -0.25) is 0 Å². The molecule has 0 saturated heterocycles. The minimum Gasteiger partial charge on any atom is -0.359 e. The Bertz CT molecular complexity index is 788. The number of thiazole rings is 1. The first-order valence-corrected chi connectivity index (χ1v) is 7.90. The van der Waals surface area contributed by atoms with Crippen LogP contribution in [0.5, 0.6) is 0 Å². The summed E-state index contributed by atoms with van der Waals surface area (Å²) in [4.78, 5) is 5.79. The van der Waals surface area contributed by atoms with Crippen LogP contribution in [0.4, 0.5) is 5.82 Å². The fourth-order valence-corrected chi connectivity index (χ4v) is 3.38. The maximum Gasteiger partial charge on any atom is 0.178 e. The standard InChI is InChI=1S/C14H16N6S/c1-8-7-15-14(21-8)13(10-3-4-10)16-11-5-6-12-18-17-9(2)20(12)19-11/h5-7,10,13H,3-4H2,1-2H3,(H,16,19)/t13-/m0/s1. The maximum absolute atomic E-state index is 4.57. The largest absolute Gasteiger partial charge is 0.359 e. The number of nitrogens with zero attached hydrogens (tertiary/aromatic N) is 5. The topological polar surface area (TPSA) is 68.0 Å².